The van der Waals surface area contributed by atoms with Crippen molar-refractivity contribution in [2.24, 2.45) is 0 Å². The summed E-state index contributed by atoms with van der Waals surface area (Å²) in [6, 6.07) is 8.27. The van der Waals surface area contributed by atoms with E-state index in [1.54, 1.807) is 0 Å². The quantitative estimate of drug-likeness (QED) is 0.938. The molecule has 0 amide bonds. The second-order valence-electron chi connectivity index (χ2n) is 7.18. The molecule has 2 aromatic rings. The molecule has 1 aromatic carbocycles. The van der Waals surface area contributed by atoms with E-state index >= 15 is 0 Å². The van der Waals surface area contributed by atoms with Crippen molar-refractivity contribution < 1.29 is 9.84 Å². The molecule has 2 fully saturated rings. The largest absolute Gasteiger partial charge is 0.393 e. The van der Waals surface area contributed by atoms with Crippen molar-refractivity contribution in [2.45, 2.75) is 56.9 Å². The number of nitrogens with zero attached hydrogens (tertiary/aromatic N) is 3. The lowest BCUT2D eigenvalue weighted by molar-refractivity contribution is -0.0880. The summed E-state index contributed by atoms with van der Waals surface area (Å²) in [7, 11) is 1.81. The van der Waals surface area contributed by atoms with E-state index in [0.717, 1.165) is 61.2 Å². The van der Waals surface area contributed by atoms with Crippen LogP contribution in [-0.4, -0.2) is 51.4 Å². The van der Waals surface area contributed by atoms with Gasteiger partial charge in [0.15, 0.2) is 0 Å². The third-order valence-electron chi connectivity index (χ3n) is 5.87. The Kier molecular flexibility index (Phi) is 4.03. The molecule has 0 radical (unpaired) electrons. The monoisotopic (exact) mass is 327 g/mol. The zero-order chi connectivity index (χ0) is 16.7. The van der Waals surface area contributed by atoms with E-state index in [2.05, 4.69) is 4.90 Å². The highest BCUT2D eigenvalue weighted by Crippen LogP contribution is 2.42. The summed E-state index contributed by atoms with van der Waals surface area (Å²) < 4.78 is 5.93. The molecule has 5 nitrogen and oxygen atoms in total. The summed E-state index contributed by atoms with van der Waals surface area (Å²) in [4.78, 5) is 12.0. The first-order valence-corrected chi connectivity index (χ1v) is 8.81. The molecule has 2 aliphatic rings. The van der Waals surface area contributed by atoms with Gasteiger partial charge in [0.25, 0.3) is 0 Å². The van der Waals surface area contributed by atoms with Gasteiger partial charge in [-0.3, -0.25) is 4.90 Å². The summed E-state index contributed by atoms with van der Waals surface area (Å²) in [5.41, 5.74) is 3.80. The second-order valence-corrected chi connectivity index (χ2v) is 7.18. The fourth-order valence-corrected chi connectivity index (χ4v) is 4.43. The van der Waals surface area contributed by atoms with Crippen molar-refractivity contribution in [1.29, 1.82) is 0 Å². The number of rotatable bonds is 3. The molecule has 1 N–H and O–H groups in total. The molecule has 4 rings (SSSR count). The Balaban J connectivity index is 1.62. The van der Waals surface area contributed by atoms with Crippen molar-refractivity contribution in [3.05, 3.63) is 35.7 Å². The number of aryl methyl sites for hydroxylation is 1. The van der Waals surface area contributed by atoms with Gasteiger partial charge in [-0.1, -0.05) is 12.1 Å². The highest BCUT2D eigenvalue weighted by Gasteiger charge is 2.50. The molecule has 24 heavy (non-hydrogen) atoms. The number of aliphatic hydroxyl groups excluding tert-OH is 1. The zero-order valence-electron chi connectivity index (χ0n) is 14.4. The van der Waals surface area contributed by atoms with Crippen LogP contribution in [0.4, 0.5) is 0 Å². The van der Waals surface area contributed by atoms with Crippen LogP contribution in [-0.2, 0) is 11.3 Å². The van der Waals surface area contributed by atoms with Gasteiger partial charge in [0.1, 0.15) is 0 Å². The first-order valence-electron chi connectivity index (χ1n) is 8.81. The molecular formula is C19H25N3O2. The molecule has 0 unspecified atom stereocenters. The van der Waals surface area contributed by atoms with Crippen molar-refractivity contribution in [3.63, 3.8) is 0 Å². The Morgan fingerprint density at radius 3 is 2.75 bits per heavy atom. The number of fused-ring (bicyclic) bond motifs is 2. The number of para-hydroxylation sites is 2. The fraction of sp³-hybridized carbons (Fsp3) is 0.579. The van der Waals surface area contributed by atoms with Crippen LogP contribution < -0.4 is 0 Å². The molecule has 1 saturated carbocycles. The molecule has 3 atom stereocenters. The summed E-state index contributed by atoms with van der Waals surface area (Å²) >= 11 is 0. The minimum Gasteiger partial charge on any atom is -0.393 e. The highest BCUT2D eigenvalue weighted by molar-refractivity contribution is 5.74. The number of aromatic nitrogens is 2. The van der Waals surface area contributed by atoms with Crippen LogP contribution in [0.2, 0.25) is 0 Å². The van der Waals surface area contributed by atoms with Gasteiger partial charge in [0, 0.05) is 26.2 Å². The number of aliphatic hydroxyl groups is 1. The van der Waals surface area contributed by atoms with Crippen molar-refractivity contribution in [1.82, 2.24) is 14.9 Å². The van der Waals surface area contributed by atoms with Crippen molar-refractivity contribution in [3.8, 4) is 0 Å². The van der Waals surface area contributed by atoms with Crippen LogP contribution in [0.5, 0.6) is 0 Å². The number of benzene rings is 1. The Morgan fingerprint density at radius 2 is 2.00 bits per heavy atom. The maximum Gasteiger partial charge on any atom is 0.0890 e. The van der Waals surface area contributed by atoms with E-state index in [1.807, 2.05) is 38.3 Å². The molecule has 1 aliphatic heterocycles. The average molecular weight is 327 g/mol. The summed E-state index contributed by atoms with van der Waals surface area (Å²) in [6.07, 6.45) is 3.37. The first-order chi connectivity index (χ1) is 11.6. The summed E-state index contributed by atoms with van der Waals surface area (Å²) in [5, 5.41) is 10.1. The normalized spacial score (nSPS) is 30.6. The number of ether oxygens (including phenoxy) is 1. The zero-order valence-corrected chi connectivity index (χ0v) is 14.4. The molecule has 0 spiro atoms. The standard InChI is InChI=1S/C19H25N3O2/c1-13-17(21-16-6-4-3-5-15(16)20-13)12-22-10-9-19(24-2)8-7-14(23)11-18(19)22/h3-6,14,18,23H,7-12H2,1-2H3/t14-,18+,19-/m1/s1. The van der Waals surface area contributed by atoms with E-state index < -0.39 is 0 Å². The van der Waals surface area contributed by atoms with Gasteiger partial charge in [-0.25, -0.2) is 9.97 Å². The molecule has 1 saturated heterocycles. The van der Waals surface area contributed by atoms with Crippen LogP contribution >= 0.6 is 0 Å². The molecule has 5 heteroatoms. The molecule has 0 bridgehead atoms. The fourth-order valence-electron chi connectivity index (χ4n) is 4.43. The number of hydrogen-bond donors (Lipinski definition) is 1. The first kappa shape index (κ1) is 15.9. The average Bonchev–Trinajstić information content (AvgIpc) is 2.94. The minimum atomic E-state index is -0.220. The van der Waals surface area contributed by atoms with Gasteiger partial charge in [0.05, 0.1) is 34.1 Å². The Morgan fingerprint density at radius 1 is 1.25 bits per heavy atom. The van der Waals surface area contributed by atoms with E-state index in [4.69, 9.17) is 14.7 Å². The number of methoxy groups -OCH3 is 1. The topological polar surface area (TPSA) is 58.5 Å². The van der Waals surface area contributed by atoms with Crippen molar-refractivity contribution >= 4 is 11.0 Å². The molecule has 2 heterocycles. The van der Waals surface area contributed by atoms with Crippen LogP contribution in [0.15, 0.2) is 24.3 Å². The predicted octanol–water partition coefficient (Wildman–Crippen LogP) is 2.44. The smallest absolute Gasteiger partial charge is 0.0890 e. The Labute approximate surface area is 142 Å². The van der Waals surface area contributed by atoms with Gasteiger partial charge in [-0.15, -0.1) is 0 Å². The van der Waals surface area contributed by atoms with Crippen molar-refractivity contribution in [2.75, 3.05) is 13.7 Å². The summed E-state index contributed by atoms with van der Waals surface area (Å²) in [5.74, 6) is 0. The maximum absolute atomic E-state index is 10.1. The van der Waals surface area contributed by atoms with Crippen LogP contribution in [0, 0.1) is 6.92 Å². The maximum atomic E-state index is 10.1. The molecule has 128 valence electrons. The van der Waals surface area contributed by atoms with Crippen LogP contribution in [0.25, 0.3) is 11.0 Å². The SMILES string of the molecule is CO[C@@]12CC[C@@H](O)C[C@@H]1N(Cc1nc3ccccc3nc1C)CC2. The molecule has 1 aromatic heterocycles. The van der Waals surface area contributed by atoms with Gasteiger partial charge >= 0.3 is 0 Å². The van der Waals surface area contributed by atoms with Crippen LogP contribution in [0.1, 0.15) is 37.1 Å². The lowest BCUT2D eigenvalue weighted by Crippen LogP contribution is -2.51. The highest BCUT2D eigenvalue weighted by atomic mass is 16.5. The third kappa shape index (κ3) is 2.61. The third-order valence-corrected chi connectivity index (χ3v) is 5.87. The second kappa shape index (κ2) is 6.06. The van der Waals surface area contributed by atoms with E-state index in [-0.39, 0.29) is 17.7 Å². The number of likely N-dealkylation sites (tertiary alicyclic amines) is 1. The van der Waals surface area contributed by atoms with E-state index in [9.17, 15) is 5.11 Å². The van der Waals surface area contributed by atoms with E-state index in [0.29, 0.717) is 0 Å². The minimum absolute atomic E-state index is 0.0998. The van der Waals surface area contributed by atoms with Gasteiger partial charge in [-0.2, -0.15) is 0 Å². The molecule has 1 aliphatic carbocycles. The van der Waals surface area contributed by atoms with Gasteiger partial charge in [-0.05, 0) is 44.7 Å². The molecular weight excluding hydrogens is 302 g/mol. The lowest BCUT2D eigenvalue weighted by atomic mass is 9.79. The van der Waals surface area contributed by atoms with Gasteiger partial charge in [0.2, 0.25) is 0 Å². The Hall–Kier alpha value is -1.56. The predicted molar refractivity (Wildman–Crippen MR) is 92.7 cm³/mol. The van der Waals surface area contributed by atoms with Crippen LogP contribution in [0.3, 0.4) is 0 Å². The number of hydrogen-bond acceptors (Lipinski definition) is 5. The summed E-state index contributed by atoms with van der Waals surface area (Å²) in [6.45, 7) is 3.79. The van der Waals surface area contributed by atoms with Gasteiger partial charge < -0.3 is 9.84 Å². The lowest BCUT2D eigenvalue weighted by Gasteiger charge is -2.42. The Bertz CT molecular complexity index is 750. The van der Waals surface area contributed by atoms with E-state index in [1.165, 1.54) is 0 Å².